The first-order valence-corrected chi connectivity index (χ1v) is 11.7. The molecule has 34 heavy (non-hydrogen) atoms. The maximum atomic E-state index is 13.2. The van der Waals surface area contributed by atoms with Crippen LogP contribution in [0.1, 0.15) is 16.8 Å². The van der Waals surface area contributed by atoms with Gasteiger partial charge >= 0.3 is 0 Å². The van der Waals surface area contributed by atoms with Gasteiger partial charge in [0.05, 0.1) is 25.5 Å². The quantitative estimate of drug-likeness (QED) is 0.492. The number of piperazine rings is 1. The molecule has 8 heteroatoms. The first-order chi connectivity index (χ1) is 16.6. The molecule has 0 spiro atoms. The minimum absolute atomic E-state index is 0.134. The average Bonchev–Trinajstić information content (AvgIpc) is 3.33. The Hall–Kier alpha value is -3.36. The Morgan fingerprint density at radius 1 is 1.00 bits per heavy atom. The van der Waals surface area contributed by atoms with Crippen LogP contribution in [0, 0.1) is 0 Å². The Morgan fingerprint density at radius 3 is 2.44 bits per heavy atom. The van der Waals surface area contributed by atoms with Crippen LogP contribution in [0.2, 0.25) is 0 Å². The first-order valence-electron chi connectivity index (χ1n) is 11.7. The first kappa shape index (κ1) is 23.8. The molecule has 4 rings (SSSR count). The highest BCUT2D eigenvalue weighted by atomic mass is 16.5. The lowest BCUT2D eigenvalue weighted by Gasteiger charge is -2.32. The van der Waals surface area contributed by atoms with Crippen LogP contribution in [0.3, 0.4) is 0 Å². The molecule has 1 aliphatic rings. The van der Waals surface area contributed by atoms with Crippen molar-refractivity contribution in [2.75, 3.05) is 60.5 Å². The summed E-state index contributed by atoms with van der Waals surface area (Å²) in [7, 11) is 5.35. The number of amides is 1. The third-order valence-corrected chi connectivity index (χ3v) is 6.17. The van der Waals surface area contributed by atoms with Crippen molar-refractivity contribution in [2.24, 2.45) is 0 Å². The molecule has 0 bridgehead atoms. The van der Waals surface area contributed by atoms with Crippen molar-refractivity contribution in [3.05, 3.63) is 60.3 Å². The van der Waals surface area contributed by atoms with Gasteiger partial charge in [-0.2, -0.15) is 5.10 Å². The highest BCUT2D eigenvalue weighted by molar-refractivity contribution is 6.00. The summed E-state index contributed by atoms with van der Waals surface area (Å²) in [5, 5.41) is 7.85. The maximum Gasteiger partial charge on any atom is 0.255 e. The fraction of sp³-hybridized carbons (Fsp3) is 0.385. The number of hydrogen-bond donors (Lipinski definition) is 1. The van der Waals surface area contributed by atoms with Crippen molar-refractivity contribution < 1.29 is 14.3 Å². The lowest BCUT2D eigenvalue weighted by molar-refractivity contribution is 0.0950. The number of para-hydroxylation sites is 1. The molecular weight excluding hydrogens is 430 g/mol. The van der Waals surface area contributed by atoms with E-state index in [1.165, 1.54) is 0 Å². The van der Waals surface area contributed by atoms with Gasteiger partial charge in [0.1, 0.15) is 5.69 Å². The van der Waals surface area contributed by atoms with Crippen LogP contribution >= 0.6 is 0 Å². The number of nitrogens with zero attached hydrogens (tertiary/aromatic N) is 4. The van der Waals surface area contributed by atoms with Crippen molar-refractivity contribution in [3.8, 4) is 28.4 Å². The summed E-state index contributed by atoms with van der Waals surface area (Å²) in [5.41, 5.74) is 2.80. The van der Waals surface area contributed by atoms with Crippen LogP contribution in [0.25, 0.3) is 16.9 Å². The van der Waals surface area contributed by atoms with Crippen molar-refractivity contribution >= 4 is 5.91 Å². The Bertz CT molecular complexity index is 1090. The van der Waals surface area contributed by atoms with Crippen LogP contribution in [0.4, 0.5) is 0 Å². The molecule has 8 nitrogen and oxygen atoms in total. The number of benzene rings is 2. The molecule has 3 aromatic rings. The molecular formula is C26H33N5O3. The fourth-order valence-corrected chi connectivity index (χ4v) is 4.12. The van der Waals surface area contributed by atoms with Gasteiger partial charge in [0.25, 0.3) is 5.91 Å². The van der Waals surface area contributed by atoms with Crippen LogP contribution in [-0.4, -0.2) is 86.0 Å². The van der Waals surface area contributed by atoms with Crippen molar-refractivity contribution in [2.45, 2.75) is 6.42 Å². The zero-order valence-electron chi connectivity index (χ0n) is 20.2. The van der Waals surface area contributed by atoms with E-state index in [9.17, 15) is 4.79 Å². The Morgan fingerprint density at radius 2 is 1.74 bits per heavy atom. The van der Waals surface area contributed by atoms with E-state index >= 15 is 0 Å². The molecule has 1 fully saturated rings. The molecule has 0 unspecified atom stereocenters. The van der Waals surface area contributed by atoms with E-state index in [1.54, 1.807) is 25.1 Å². The van der Waals surface area contributed by atoms with Crippen LogP contribution in [-0.2, 0) is 0 Å². The maximum absolute atomic E-state index is 13.2. The Kier molecular flexibility index (Phi) is 7.82. The van der Waals surface area contributed by atoms with E-state index in [1.807, 2.05) is 48.5 Å². The molecule has 0 radical (unpaired) electrons. The second-order valence-electron chi connectivity index (χ2n) is 8.50. The van der Waals surface area contributed by atoms with Gasteiger partial charge in [-0.1, -0.05) is 18.2 Å². The highest BCUT2D eigenvalue weighted by Crippen LogP contribution is 2.33. The summed E-state index contributed by atoms with van der Waals surface area (Å²) in [5.74, 6) is 1.08. The Labute approximate surface area is 201 Å². The minimum atomic E-state index is -0.134. The molecule has 0 atom stereocenters. The van der Waals surface area contributed by atoms with Gasteiger partial charge in [0.15, 0.2) is 11.5 Å². The number of rotatable bonds is 9. The Balaban J connectivity index is 1.52. The molecule has 1 N–H and O–H groups in total. The van der Waals surface area contributed by atoms with Gasteiger partial charge in [-0.25, -0.2) is 4.68 Å². The van der Waals surface area contributed by atoms with E-state index < -0.39 is 0 Å². The molecule has 1 amide bonds. The second-order valence-corrected chi connectivity index (χ2v) is 8.50. The van der Waals surface area contributed by atoms with Gasteiger partial charge in [-0.15, -0.1) is 0 Å². The van der Waals surface area contributed by atoms with Gasteiger partial charge in [-0.05, 0) is 50.3 Å². The molecule has 2 heterocycles. The highest BCUT2D eigenvalue weighted by Gasteiger charge is 2.20. The SMILES string of the molecule is COc1ccc(-c2nn(-c3ccccc3)cc2C(=O)NCCCN2CCN(C)CC2)cc1OC. The zero-order chi connectivity index (χ0) is 23.9. The number of hydrogen-bond acceptors (Lipinski definition) is 6. The van der Waals surface area contributed by atoms with Crippen molar-refractivity contribution in [1.29, 1.82) is 0 Å². The normalized spacial score (nSPS) is 14.7. The van der Waals surface area contributed by atoms with Crippen molar-refractivity contribution in [1.82, 2.24) is 24.9 Å². The third kappa shape index (κ3) is 5.58. The number of likely N-dealkylation sites (N-methyl/N-ethyl adjacent to an activating group) is 1. The van der Waals surface area contributed by atoms with Gasteiger partial charge in [0.2, 0.25) is 0 Å². The zero-order valence-corrected chi connectivity index (χ0v) is 20.2. The standard InChI is InChI=1S/C26H33N5O3/c1-29-14-16-30(17-15-29)13-7-12-27-26(32)22-19-31(21-8-5-4-6-9-21)28-25(22)20-10-11-23(33-2)24(18-20)34-3/h4-6,8-11,18-19H,7,12-17H2,1-3H3,(H,27,32). The van der Waals surface area contributed by atoms with E-state index in [0.29, 0.717) is 29.3 Å². The molecule has 1 aliphatic heterocycles. The van der Waals surface area contributed by atoms with Crippen LogP contribution in [0.5, 0.6) is 11.5 Å². The fourth-order valence-electron chi connectivity index (χ4n) is 4.12. The summed E-state index contributed by atoms with van der Waals surface area (Å²) < 4.78 is 12.6. The predicted octanol–water partition coefficient (Wildman–Crippen LogP) is 2.92. The van der Waals surface area contributed by atoms with E-state index in [4.69, 9.17) is 14.6 Å². The summed E-state index contributed by atoms with van der Waals surface area (Å²) in [6.07, 6.45) is 2.70. The van der Waals surface area contributed by atoms with Gasteiger partial charge < -0.3 is 24.6 Å². The van der Waals surface area contributed by atoms with Crippen LogP contribution < -0.4 is 14.8 Å². The van der Waals surface area contributed by atoms with E-state index in [0.717, 1.165) is 50.4 Å². The average molecular weight is 464 g/mol. The second kappa shape index (κ2) is 11.2. The summed E-state index contributed by atoms with van der Waals surface area (Å²) in [4.78, 5) is 18.0. The molecule has 1 aromatic heterocycles. The third-order valence-electron chi connectivity index (χ3n) is 6.17. The molecule has 1 saturated heterocycles. The number of nitrogens with one attached hydrogen (secondary N) is 1. The van der Waals surface area contributed by atoms with E-state index in [2.05, 4.69) is 22.2 Å². The lowest BCUT2D eigenvalue weighted by atomic mass is 10.1. The lowest BCUT2D eigenvalue weighted by Crippen LogP contribution is -2.45. The number of carbonyl (C=O) groups is 1. The summed E-state index contributed by atoms with van der Waals surface area (Å²) in [6, 6.07) is 15.3. The van der Waals surface area contributed by atoms with Crippen molar-refractivity contribution in [3.63, 3.8) is 0 Å². The van der Waals surface area contributed by atoms with Gasteiger partial charge in [-0.3, -0.25) is 4.79 Å². The minimum Gasteiger partial charge on any atom is -0.493 e. The smallest absolute Gasteiger partial charge is 0.255 e. The molecule has 2 aromatic carbocycles. The van der Waals surface area contributed by atoms with E-state index in [-0.39, 0.29) is 5.91 Å². The number of carbonyl (C=O) groups excluding carboxylic acids is 1. The predicted molar refractivity (Wildman–Crippen MR) is 133 cm³/mol. The molecule has 180 valence electrons. The topological polar surface area (TPSA) is 71.9 Å². The monoisotopic (exact) mass is 463 g/mol. The number of methoxy groups -OCH3 is 2. The molecule has 0 aliphatic carbocycles. The summed E-state index contributed by atoms with van der Waals surface area (Å²) >= 11 is 0. The number of aromatic nitrogens is 2. The van der Waals surface area contributed by atoms with Gasteiger partial charge in [0, 0.05) is 44.5 Å². The number of ether oxygens (including phenoxy) is 2. The van der Waals surface area contributed by atoms with Crippen LogP contribution in [0.15, 0.2) is 54.7 Å². The summed E-state index contributed by atoms with van der Waals surface area (Å²) in [6.45, 7) is 5.96. The molecule has 0 saturated carbocycles. The largest absolute Gasteiger partial charge is 0.493 e.